The summed E-state index contributed by atoms with van der Waals surface area (Å²) in [6.45, 7) is 4.48. The van der Waals surface area contributed by atoms with Gasteiger partial charge < -0.3 is 4.57 Å². The number of carbonyl (C=O) groups excluding carboxylic acids is 1. The summed E-state index contributed by atoms with van der Waals surface area (Å²) in [7, 11) is -3.94. The van der Waals surface area contributed by atoms with Crippen molar-refractivity contribution < 1.29 is 13.2 Å². The van der Waals surface area contributed by atoms with Gasteiger partial charge in [0.2, 0.25) is 10.0 Å². The number of carbonyl (C=O) groups is 1. The van der Waals surface area contributed by atoms with E-state index in [2.05, 4.69) is 29.6 Å². The van der Waals surface area contributed by atoms with E-state index in [0.29, 0.717) is 24.4 Å². The molecule has 0 aliphatic rings. The molecule has 6 nitrogen and oxygen atoms in total. The normalized spacial score (nSPS) is 11.6. The third-order valence-corrected chi connectivity index (χ3v) is 7.45. The second kappa shape index (κ2) is 10.6. The fraction of sp³-hybridized carbons (Fsp3) is 0.259. The molecule has 1 amide bonds. The molecule has 0 fully saturated rings. The highest BCUT2D eigenvalue weighted by molar-refractivity contribution is 7.89. The van der Waals surface area contributed by atoms with Gasteiger partial charge in [0.05, 0.1) is 12.3 Å². The van der Waals surface area contributed by atoms with Gasteiger partial charge in [-0.15, -0.1) is 0 Å². The Hall–Kier alpha value is -3.16. The maximum atomic E-state index is 13.3. The molecule has 3 aromatic carbocycles. The van der Waals surface area contributed by atoms with Gasteiger partial charge in [0, 0.05) is 6.42 Å². The number of nitrogens with one attached hydrogen (secondary N) is 1. The first-order chi connectivity index (χ1) is 16.8. The maximum Gasteiger partial charge on any atom is 0.284 e. The number of hydrogen-bond acceptors (Lipinski definition) is 4. The molecule has 0 saturated carbocycles. The predicted molar refractivity (Wildman–Crippen MR) is 140 cm³/mol. The molecule has 0 spiro atoms. The smallest absolute Gasteiger partial charge is 0.284 e. The summed E-state index contributed by atoms with van der Waals surface area (Å²) in [6, 6.07) is 20.9. The maximum absolute atomic E-state index is 13.3. The van der Waals surface area contributed by atoms with Crippen LogP contribution in [0.2, 0.25) is 5.15 Å². The van der Waals surface area contributed by atoms with Gasteiger partial charge in [-0.3, -0.25) is 4.79 Å². The van der Waals surface area contributed by atoms with Crippen molar-refractivity contribution in [2.24, 2.45) is 0 Å². The molecule has 4 rings (SSSR count). The lowest BCUT2D eigenvalue weighted by Gasteiger charge is -2.15. The lowest BCUT2D eigenvalue weighted by atomic mass is 10.00. The molecule has 0 aliphatic heterocycles. The zero-order valence-electron chi connectivity index (χ0n) is 19.8. The van der Waals surface area contributed by atoms with Gasteiger partial charge >= 0.3 is 0 Å². The number of nitrogens with zero attached hydrogens (tertiary/aromatic N) is 2. The number of sulfonamides is 1. The van der Waals surface area contributed by atoms with Crippen LogP contribution in [0, 0.1) is 6.92 Å². The molecule has 0 radical (unpaired) electrons. The molecule has 1 aromatic heterocycles. The Morgan fingerprint density at radius 3 is 2.40 bits per heavy atom. The predicted octanol–water partition coefficient (Wildman–Crippen LogP) is 5.65. The number of benzene rings is 3. The van der Waals surface area contributed by atoms with Gasteiger partial charge in [0.25, 0.3) is 5.91 Å². The number of rotatable bonds is 9. The summed E-state index contributed by atoms with van der Waals surface area (Å²) in [5, 5.41) is 2.20. The molecule has 0 aliphatic carbocycles. The van der Waals surface area contributed by atoms with Crippen molar-refractivity contribution >= 4 is 38.3 Å². The quantitative estimate of drug-likeness (QED) is 0.316. The number of fused-ring (bicyclic) bond motifs is 1. The minimum Gasteiger partial charge on any atom is -0.318 e. The minimum atomic E-state index is -3.94. The van der Waals surface area contributed by atoms with Gasteiger partial charge in [0.15, 0.2) is 5.15 Å². The lowest BCUT2D eigenvalue weighted by Crippen LogP contribution is -2.33. The summed E-state index contributed by atoms with van der Waals surface area (Å²) in [5.41, 5.74) is 2.80. The number of hydrogen-bond donors (Lipinski definition) is 1. The first-order valence-electron chi connectivity index (χ1n) is 11.6. The van der Waals surface area contributed by atoms with Crippen LogP contribution in [0.1, 0.15) is 52.8 Å². The first-order valence-corrected chi connectivity index (χ1v) is 13.6. The Kier molecular flexibility index (Phi) is 7.57. The third-order valence-electron chi connectivity index (χ3n) is 5.98. The van der Waals surface area contributed by atoms with E-state index in [0.717, 1.165) is 34.7 Å². The highest BCUT2D eigenvalue weighted by atomic mass is 35.5. The van der Waals surface area contributed by atoms with Crippen molar-refractivity contribution in [2.75, 3.05) is 0 Å². The molecule has 1 heterocycles. The van der Waals surface area contributed by atoms with Crippen LogP contribution in [0.15, 0.2) is 66.7 Å². The minimum absolute atomic E-state index is 0.0000635. The Morgan fingerprint density at radius 2 is 1.69 bits per heavy atom. The monoisotopic (exact) mass is 509 g/mol. The van der Waals surface area contributed by atoms with Crippen LogP contribution < -0.4 is 4.72 Å². The van der Waals surface area contributed by atoms with Crippen LogP contribution in [-0.2, 0) is 28.7 Å². The van der Waals surface area contributed by atoms with Gasteiger partial charge in [-0.2, -0.15) is 0 Å². The molecule has 1 N–H and O–H groups in total. The highest BCUT2D eigenvalue weighted by Crippen LogP contribution is 2.26. The highest BCUT2D eigenvalue weighted by Gasteiger charge is 2.26. The van der Waals surface area contributed by atoms with Crippen LogP contribution in [0.25, 0.3) is 10.8 Å². The topological polar surface area (TPSA) is 81.1 Å². The van der Waals surface area contributed by atoms with E-state index in [1.807, 2.05) is 30.3 Å². The van der Waals surface area contributed by atoms with E-state index >= 15 is 0 Å². The third kappa shape index (κ3) is 5.74. The molecular formula is C27H28ClN3O3S. The fourth-order valence-corrected chi connectivity index (χ4v) is 5.59. The van der Waals surface area contributed by atoms with Gasteiger partial charge in [-0.05, 0) is 40.8 Å². The van der Waals surface area contributed by atoms with Gasteiger partial charge in [-0.25, -0.2) is 18.1 Å². The van der Waals surface area contributed by atoms with Gasteiger partial charge in [-0.1, -0.05) is 91.7 Å². The molecule has 35 heavy (non-hydrogen) atoms. The zero-order valence-corrected chi connectivity index (χ0v) is 21.4. The Balaban J connectivity index is 1.71. The molecule has 4 aromatic rings. The van der Waals surface area contributed by atoms with Crippen LogP contribution in [0.4, 0.5) is 0 Å². The first kappa shape index (κ1) is 24.9. The van der Waals surface area contributed by atoms with Crippen LogP contribution >= 0.6 is 11.6 Å². The van der Waals surface area contributed by atoms with Crippen LogP contribution in [-0.4, -0.2) is 23.9 Å². The Labute approximate surface area is 211 Å². The molecule has 8 heteroatoms. The second-order valence-corrected chi connectivity index (χ2v) is 10.7. The van der Waals surface area contributed by atoms with Crippen molar-refractivity contribution in [3.63, 3.8) is 0 Å². The van der Waals surface area contributed by atoms with Crippen molar-refractivity contribution in [2.45, 2.75) is 45.4 Å². The van der Waals surface area contributed by atoms with E-state index in [4.69, 9.17) is 11.6 Å². The zero-order chi connectivity index (χ0) is 25.0. The molecule has 0 atom stereocenters. The van der Waals surface area contributed by atoms with Crippen molar-refractivity contribution in [1.82, 2.24) is 14.3 Å². The molecule has 0 bridgehead atoms. The van der Waals surface area contributed by atoms with Crippen molar-refractivity contribution in [3.8, 4) is 0 Å². The Morgan fingerprint density at radius 1 is 1.00 bits per heavy atom. The summed E-state index contributed by atoms with van der Waals surface area (Å²) in [4.78, 5) is 17.7. The standard InChI is InChI=1S/C27H28ClN3O3S/c1-3-4-14-24-29-26(28)25(27(32)30-35(33,34)18-20-10-6-5-7-11-20)31(24)17-21-16-15-19(2)22-12-8-9-13-23(21)22/h5-13,15-16H,3-4,14,17-18H2,1-2H3,(H,30,32). The molecular weight excluding hydrogens is 482 g/mol. The largest absolute Gasteiger partial charge is 0.318 e. The second-order valence-electron chi connectivity index (χ2n) is 8.62. The van der Waals surface area contributed by atoms with E-state index in [9.17, 15) is 13.2 Å². The summed E-state index contributed by atoms with van der Waals surface area (Å²) in [5.74, 6) is -0.430. The van der Waals surface area contributed by atoms with Crippen LogP contribution in [0.3, 0.4) is 0 Å². The fourth-order valence-electron chi connectivity index (χ4n) is 4.22. The number of amides is 1. The SMILES string of the molecule is CCCCc1nc(Cl)c(C(=O)NS(=O)(=O)Cc2ccccc2)n1Cc1ccc(C)c2ccccc12. The summed E-state index contributed by atoms with van der Waals surface area (Å²) in [6.07, 6.45) is 2.45. The van der Waals surface area contributed by atoms with Gasteiger partial charge in [0.1, 0.15) is 11.5 Å². The average molecular weight is 510 g/mol. The molecule has 0 saturated heterocycles. The van der Waals surface area contributed by atoms with Crippen molar-refractivity contribution in [1.29, 1.82) is 0 Å². The number of imidazole rings is 1. The van der Waals surface area contributed by atoms with E-state index < -0.39 is 15.9 Å². The molecule has 182 valence electrons. The van der Waals surface area contributed by atoms with Crippen molar-refractivity contribution in [3.05, 3.63) is 100 Å². The summed E-state index contributed by atoms with van der Waals surface area (Å²) >= 11 is 6.44. The summed E-state index contributed by atoms with van der Waals surface area (Å²) < 4.78 is 29.4. The lowest BCUT2D eigenvalue weighted by molar-refractivity contribution is 0.0972. The molecule has 0 unspecified atom stereocenters. The number of unbranched alkanes of at least 4 members (excludes halogenated alkanes) is 1. The van der Waals surface area contributed by atoms with E-state index in [1.165, 1.54) is 0 Å². The number of aryl methyl sites for hydroxylation is 2. The Bertz CT molecular complexity index is 1460. The average Bonchev–Trinajstić information content (AvgIpc) is 3.14. The van der Waals surface area contributed by atoms with E-state index in [-0.39, 0.29) is 16.6 Å². The van der Waals surface area contributed by atoms with Crippen LogP contribution in [0.5, 0.6) is 0 Å². The number of halogens is 1. The van der Waals surface area contributed by atoms with E-state index in [1.54, 1.807) is 34.9 Å². The number of aromatic nitrogens is 2.